The molecule has 1 amide bonds. The van der Waals surface area contributed by atoms with Gasteiger partial charge in [-0.25, -0.2) is 4.63 Å². The predicted molar refractivity (Wildman–Crippen MR) is 65.8 cm³/mol. The van der Waals surface area contributed by atoms with E-state index >= 15 is 0 Å². The van der Waals surface area contributed by atoms with Crippen LogP contribution < -0.4 is 11.1 Å². The van der Waals surface area contributed by atoms with E-state index in [2.05, 4.69) is 42.9 Å². The fourth-order valence-corrected chi connectivity index (χ4v) is 1.44. The van der Waals surface area contributed by atoms with Gasteiger partial charge in [-0.3, -0.25) is 4.79 Å². The Kier molecular flexibility index (Phi) is 3.04. The average molecular weight is 330 g/mol. The first-order chi connectivity index (χ1) is 7.66. The Balaban J connectivity index is 2.14. The maximum atomic E-state index is 11.6. The largest absolute Gasteiger partial charge is 0.379 e. The van der Waals surface area contributed by atoms with Gasteiger partial charge >= 0.3 is 0 Å². The third-order valence-electron chi connectivity index (χ3n) is 1.83. The SMILES string of the molecule is Nc1nonc1C(=O)Nc1ccc(I)cc1. The molecule has 0 fully saturated rings. The summed E-state index contributed by atoms with van der Waals surface area (Å²) >= 11 is 2.18. The van der Waals surface area contributed by atoms with Crippen molar-refractivity contribution in [3.8, 4) is 0 Å². The van der Waals surface area contributed by atoms with Gasteiger partial charge in [-0.15, -0.1) is 0 Å². The second-order valence-electron chi connectivity index (χ2n) is 2.96. The zero-order valence-corrected chi connectivity index (χ0v) is 10.1. The summed E-state index contributed by atoms with van der Waals surface area (Å²) in [6.45, 7) is 0. The molecule has 0 unspecified atom stereocenters. The number of nitrogen functional groups attached to an aromatic ring is 1. The van der Waals surface area contributed by atoms with Gasteiger partial charge in [0.05, 0.1) is 0 Å². The summed E-state index contributed by atoms with van der Waals surface area (Å²) in [5, 5.41) is 9.36. The van der Waals surface area contributed by atoms with Crippen LogP contribution in [-0.4, -0.2) is 16.2 Å². The van der Waals surface area contributed by atoms with Crippen molar-refractivity contribution >= 4 is 40.0 Å². The molecule has 3 N–H and O–H groups in total. The molecular weight excluding hydrogens is 323 g/mol. The van der Waals surface area contributed by atoms with Crippen molar-refractivity contribution in [3.05, 3.63) is 33.5 Å². The summed E-state index contributed by atoms with van der Waals surface area (Å²) in [4.78, 5) is 11.6. The number of aromatic nitrogens is 2. The number of hydrogen-bond acceptors (Lipinski definition) is 5. The van der Waals surface area contributed by atoms with Crippen LogP contribution in [0.3, 0.4) is 0 Å². The molecular formula is C9H7IN4O2. The van der Waals surface area contributed by atoms with Gasteiger partial charge in [0.25, 0.3) is 5.91 Å². The average Bonchev–Trinajstić information content (AvgIpc) is 2.68. The Morgan fingerprint density at radius 3 is 2.56 bits per heavy atom. The molecule has 0 aliphatic heterocycles. The van der Waals surface area contributed by atoms with Crippen LogP contribution in [0.4, 0.5) is 11.5 Å². The number of rotatable bonds is 2. The molecule has 0 atom stereocenters. The molecule has 0 spiro atoms. The first kappa shape index (κ1) is 10.9. The van der Waals surface area contributed by atoms with Crippen LogP contribution in [0, 0.1) is 3.57 Å². The highest BCUT2D eigenvalue weighted by atomic mass is 127. The third kappa shape index (κ3) is 2.30. The van der Waals surface area contributed by atoms with Crippen LogP contribution in [0.5, 0.6) is 0 Å². The van der Waals surface area contributed by atoms with Gasteiger partial charge in [0.2, 0.25) is 11.5 Å². The van der Waals surface area contributed by atoms with E-state index in [1.54, 1.807) is 12.1 Å². The van der Waals surface area contributed by atoms with Gasteiger partial charge in [-0.05, 0) is 57.2 Å². The fraction of sp³-hybridized carbons (Fsp3) is 0. The van der Waals surface area contributed by atoms with Crippen molar-refractivity contribution in [2.75, 3.05) is 11.1 Å². The standard InChI is InChI=1S/C9H7IN4O2/c10-5-1-3-6(4-2-5)12-9(15)7-8(11)14-16-13-7/h1-4H,(H2,11,14)(H,12,15). The van der Waals surface area contributed by atoms with Gasteiger partial charge in [0.15, 0.2) is 0 Å². The lowest BCUT2D eigenvalue weighted by molar-refractivity contribution is 0.101. The second-order valence-corrected chi connectivity index (χ2v) is 4.20. The molecule has 2 rings (SSSR count). The topological polar surface area (TPSA) is 94.0 Å². The Bertz CT molecular complexity index is 508. The predicted octanol–water partition coefficient (Wildman–Crippen LogP) is 1.51. The van der Waals surface area contributed by atoms with Crippen molar-refractivity contribution in [2.24, 2.45) is 0 Å². The molecule has 1 heterocycles. The molecule has 0 aliphatic carbocycles. The number of nitrogens with one attached hydrogen (secondary N) is 1. The fourth-order valence-electron chi connectivity index (χ4n) is 1.08. The zero-order chi connectivity index (χ0) is 11.5. The quantitative estimate of drug-likeness (QED) is 0.814. The molecule has 2 aromatic rings. The Morgan fingerprint density at radius 2 is 2.00 bits per heavy atom. The maximum Gasteiger partial charge on any atom is 0.281 e. The number of carbonyl (C=O) groups is 1. The summed E-state index contributed by atoms with van der Waals surface area (Å²) in [6, 6.07) is 7.31. The summed E-state index contributed by atoms with van der Waals surface area (Å²) in [7, 11) is 0. The van der Waals surface area contributed by atoms with Gasteiger partial charge in [-0.2, -0.15) is 0 Å². The van der Waals surface area contributed by atoms with E-state index in [1.807, 2.05) is 12.1 Å². The smallest absolute Gasteiger partial charge is 0.281 e. The zero-order valence-electron chi connectivity index (χ0n) is 7.98. The van der Waals surface area contributed by atoms with Gasteiger partial charge < -0.3 is 11.1 Å². The lowest BCUT2D eigenvalue weighted by Gasteiger charge is -2.02. The number of anilines is 2. The number of nitrogens with two attached hydrogens (primary N) is 1. The Labute approximate surface area is 104 Å². The first-order valence-corrected chi connectivity index (χ1v) is 5.39. The van der Waals surface area contributed by atoms with Gasteiger partial charge in [0, 0.05) is 9.26 Å². The second kappa shape index (κ2) is 4.47. The van der Waals surface area contributed by atoms with Crippen LogP contribution in [0.2, 0.25) is 0 Å². The Morgan fingerprint density at radius 1 is 1.31 bits per heavy atom. The van der Waals surface area contributed by atoms with Crippen molar-refractivity contribution in [3.63, 3.8) is 0 Å². The minimum atomic E-state index is -0.444. The molecule has 7 heteroatoms. The molecule has 0 saturated heterocycles. The molecule has 1 aromatic heterocycles. The molecule has 0 bridgehead atoms. The van der Waals surface area contributed by atoms with E-state index in [0.717, 1.165) is 3.57 Å². The highest BCUT2D eigenvalue weighted by Crippen LogP contribution is 2.13. The van der Waals surface area contributed by atoms with Gasteiger partial charge in [-0.1, -0.05) is 0 Å². The van der Waals surface area contributed by atoms with Crippen molar-refractivity contribution in [2.45, 2.75) is 0 Å². The van der Waals surface area contributed by atoms with Crippen molar-refractivity contribution < 1.29 is 9.42 Å². The van der Waals surface area contributed by atoms with E-state index in [9.17, 15) is 4.79 Å². The number of benzene rings is 1. The summed E-state index contributed by atoms with van der Waals surface area (Å²) in [5.41, 5.74) is 6.03. The molecule has 82 valence electrons. The molecule has 6 nitrogen and oxygen atoms in total. The number of halogens is 1. The molecule has 1 aromatic carbocycles. The Hall–Kier alpha value is -1.64. The lowest BCUT2D eigenvalue weighted by atomic mass is 10.3. The normalized spacial score (nSPS) is 10.1. The van der Waals surface area contributed by atoms with Crippen LogP contribution in [-0.2, 0) is 0 Å². The lowest BCUT2D eigenvalue weighted by Crippen LogP contribution is -2.14. The third-order valence-corrected chi connectivity index (χ3v) is 2.55. The minimum Gasteiger partial charge on any atom is -0.379 e. The molecule has 0 saturated carbocycles. The van der Waals surface area contributed by atoms with E-state index in [0.29, 0.717) is 5.69 Å². The van der Waals surface area contributed by atoms with Crippen LogP contribution >= 0.6 is 22.6 Å². The first-order valence-electron chi connectivity index (χ1n) is 4.32. The highest BCUT2D eigenvalue weighted by Gasteiger charge is 2.15. The molecule has 0 aliphatic rings. The van der Waals surface area contributed by atoms with Crippen LogP contribution in [0.25, 0.3) is 0 Å². The van der Waals surface area contributed by atoms with E-state index in [4.69, 9.17) is 5.73 Å². The molecule has 16 heavy (non-hydrogen) atoms. The van der Waals surface area contributed by atoms with E-state index < -0.39 is 5.91 Å². The van der Waals surface area contributed by atoms with E-state index in [1.165, 1.54) is 0 Å². The van der Waals surface area contributed by atoms with Crippen molar-refractivity contribution in [1.29, 1.82) is 0 Å². The van der Waals surface area contributed by atoms with Crippen LogP contribution in [0.15, 0.2) is 28.9 Å². The van der Waals surface area contributed by atoms with Gasteiger partial charge in [0.1, 0.15) is 0 Å². The summed E-state index contributed by atoms with van der Waals surface area (Å²) in [5.74, 6) is -0.469. The monoisotopic (exact) mass is 330 g/mol. The number of nitrogens with zero attached hydrogens (tertiary/aromatic N) is 2. The minimum absolute atomic E-state index is 0.0152. The number of carbonyl (C=O) groups excluding carboxylic acids is 1. The number of amides is 1. The van der Waals surface area contributed by atoms with Crippen LogP contribution in [0.1, 0.15) is 10.5 Å². The highest BCUT2D eigenvalue weighted by molar-refractivity contribution is 14.1. The number of hydrogen-bond donors (Lipinski definition) is 2. The van der Waals surface area contributed by atoms with E-state index in [-0.39, 0.29) is 11.5 Å². The van der Waals surface area contributed by atoms with Crippen molar-refractivity contribution in [1.82, 2.24) is 10.3 Å². The maximum absolute atomic E-state index is 11.6. The summed E-state index contributed by atoms with van der Waals surface area (Å²) in [6.07, 6.45) is 0. The summed E-state index contributed by atoms with van der Waals surface area (Å²) < 4.78 is 5.42. The molecule has 0 radical (unpaired) electrons.